The van der Waals surface area contributed by atoms with E-state index in [-0.39, 0.29) is 6.04 Å². The van der Waals surface area contributed by atoms with E-state index in [9.17, 15) is 9.59 Å². The standard InChI is InChI=1S/C22H29N3O2/c1-5-24(6-2)20-14-12-19(13-15-20)23-21(26)22(27)25(17(3)4)16-18-10-8-7-9-11-18/h7-15,17H,5-6,16H2,1-4H3,(H,23,26). The molecule has 144 valence electrons. The largest absolute Gasteiger partial charge is 0.372 e. The molecule has 27 heavy (non-hydrogen) atoms. The number of amides is 2. The second-order valence-electron chi connectivity index (χ2n) is 6.69. The van der Waals surface area contributed by atoms with Gasteiger partial charge in [-0.3, -0.25) is 9.59 Å². The molecule has 2 rings (SSSR count). The third kappa shape index (κ3) is 5.58. The lowest BCUT2D eigenvalue weighted by atomic mass is 10.2. The van der Waals surface area contributed by atoms with Crippen LogP contribution in [0.25, 0.3) is 0 Å². The van der Waals surface area contributed by atoms with E-state index in [0.29, 0.717) is 12.2 Å². The highest BCUT2D eigenvalue weighted by molar-refractivity contribution is 6.39. The van der Waals surface area contributed by atoms with E-state index in [2.05, 4.69) is 24.1 Å². The topological polar surface area (TPSA) is 52.7 Å². The van der Waals surface area contributed by atoms with Gasteiger partial charge in [-0.2, -0.15) is 0 Å². The molecule has 0 unspecified atom stereocenters. The summed E-state index contributed by atoms with van der Waals surface area (Å²) >= 11 is 0. The van der Waals surface area contributed by atoms with Crippen molar-refractivity contribution < 1.29 is 9.59 Å². The summed E-state index contributed by atoms with van der Waals surface area (Å²) in [7, 11) is 0. The van der Waals surface area contributed by atoms with Crippen molar-refractivity contribution in [1.29, 1.82) is 0 Å². The van der Waals surface area contributed by atoms with Crippen molar-refractivity contribution in [3.8, 4) is 0 Å². The molecular weight excluding hydrogens is 338 g/mol. The molecule has 0 aliphatic carbocycles. The van der Waals surface area contributed by atoms with Gasteiger partial charge in [0, 0.05) is 37.1 Å². The molecule has 5 heteroatoms. The van der Waals surface area contributed by atoms with Crippen molar-refractivity contribution in [2.45, 2.75) is 40.3 Å². The van der Waals surface area contributed by atoms with Gasteiger partial charge in [0.1, 0.15) is 0 Å². The van der Waals surface area contributed by atoms with Gasteiger partial charge in [0.25, 0.3) is 0 Å². The number of carbonyl (C=O) groups is 2. The van der Waals surface area contributed by atoms with Crippen molar-refractivity contribution in [3.05, 3.63) is 60.2 Å². The average molecular weight is 367 g/mol. The monoisotopic (exact) mass is 367 g/mol. The fourth-order valence-electron chi connectivity index (χ4n) is 2.93. The number of anilines is 2. The molecule has 1 N–H and O–H groups in total. The number of hydrogen-bond acceptors (Lipinski definition) is 3. The number of hydrogen-bond donors (Lipinski definition) is 1. The van der Waals surface area contributed by atoms with E-state index < -0.39 is 11.8 Å². The predicted octanol–water partition coefficient (Wildman–Crippen LogP) is 3.91. The number of nitrogens with one attached hydrogen (secondary N) is 1. The van der Waals surface area contributed by atoms with Crippen LogP contribution in [-0.2, 0) is 16.1 Å². The van der Waals surface area contributed by atoms with Gasteiger partial charge in [-0.1, -0.05) is 30.3 Å². The summed E-state index contributed by atoms with van der Waals surface area (Å²) in [4.78, 5) is 28.9. The maximum atomic E-state index is 12.7. The summed E-state index contributed by atoms with van der Waals surface area (Å²) in [6.45, 7) is 10.3. The molecule has 0 spiro atoms. The smallest absolute Gasteiger partial charge is 0.313 e. The molecule has 0 heterocycles. The Balaban J connectivity index is 2.05. The van der Waals surface area contributed by atoms with Crippen LogP contribution in [0.5, 0.6) is 0 Å². The van der Waals surface area contributed by atoms with Gasteiger partial charge >= 0.3 is 11.8 Å². The molecule has 0 atom stereocenters. The maximum Gasteiger partial charge on any atom is 0.313 e. The second-order valence-corrected chi connectivity index (χ2v) is 6.69. The molecule has 0 fully saturated rings. The molecule has 2 aromatic carbocycles. The van der Waals surface area contributed by atoms with Gasteiger partial charge < -0.3 is 15.1 Å². The van der Waals surface area contributed by atoms with Crippen LogP contribution in [0.2, 0.25) is 0 Å². The van der Waals surface area contributed by atoms with Gasteiger partial charge in [-0.25, -0.2) is 0 Å². The van der Waals surface area contributed by atoms with E-state index >= 15 is 0 Å². The van der Waals surface area contributed by atoms with Crippen LogP contribution in [0.1, 0.15) is 33.3 Å². The Kier molecular flexibility index (Phi) is 7.41. The van der Waals surface area contributed by atoms with E-state index in [4.69, 9.17) is 0 Å². The minimum Gasteiger partial charge on any atom is -0.372 e. The molecule has 0 aromatic heterocycles. The summed E-state index contributed by atoms with van der Waals surface area (Å²) in [6, 6.07) is 17.2. The first kappa shape index (κ1) is 20.5. The SMILES string of the molecule is CCN(CC)c1ccc(NC(=O)C(=O)N(Cc2ccccc2)C(C)C)cc1. The van der Waals surface area contributed by atoms with Gasteiger partial charge in [-0.05, 0) is 57.5 Å². The summed E-state index contributed by atoms with van der Waals surface area (Å²) in [5, 5.41) is 2.72. The normalized spacial score (nSPS) is 10.6. The molecule has 0 radical (unpaired) electrons. The summed E-state index contributed by atoms with van der Waals surface area (Å²) in [5.41, 5.74) is 2.71. The Hall–Kier alpha value is -2.82. The number of benzene rings is 2. The average Bonchev–Trinajstić information content (AvgIpc) is 2.68. The van der Waals surface area contributed by atoms with Crippen molar-refractivity contribution in [2.24, 2.45) is 0 Å². The Morgan fingerprint density at radius 2 is 1.52 bits per heavy atom. The highest BCUT2D eigenvalue weighted by Crippen LogP contribution is 2.18. The molecule has 2 amide bonds. The zero-order chi connectivity index (χ0) is 19.8. The van der Waals surface area contributed by atoms with Gasteiger partial charge in [0.15, 0.2) is 0 Å². The number of rotatable bonds is 7. The van der Waals surface area contributed by atoms with Crippen LogP contribution in [0.15, 0.2) is 54.6 Å². The van der Waals surface area contributed by atoms with Crippen LogP contribution in [0, 0.1) is 0 Å². The molecular formula is C22H29N3O2. The third-order valence-corrected chi connectivity index (χ3v) is 4.53. The third-order valence-electron chi connectivity index (χ3n) is 4.53. The zero-order valence-corrected chi connectivity index (χ0v) is 16.6. The summed E-state index contributed by atoms with van der Waals surface area (Å²) < 4.78 is 0. The Bertz CT molecular complexity index is 738. The summed E-state index contributed by atoms with van der Waals surface area (Å²) in [6.07, 6.45) is 0. The highest BCUT2D eigenvalue weighted by Gasteiger charge is 2.24. The lowest BCUT2D eigenvalue weighted by Gasteiger charge is -2.26. The van der Waals surface area contributed by atoms with E-state index in [1.807, 2.05) is 68.4 Å². The molecule has 0 aliphatic heterocycles. The lowest BCUT2D eigenvalue weighted by molar-refractivity contribution is -0.144. The first-order valence-electron chi connectivity index (χ1n) is 9.47. The van der Waals surface area contributed by atoms with Crippen molar-refractivity contribution in [1.82, 2.24) is 4.90 Å². The predicted molar refractivity (Wildman–Crippen MR) is 111 cm³/mol. The minimum absolute atomic E-state index is 0.0755. The molecule has 0 saturated heterocycles. The first-order valence-corrected chi connectivity index (χ1v) is 9.47. The van der Waals surface area contributed by atoms with Crippen LogP contribution in [-0.4, -0.2) is 35.8 Å². The second kappa shape index (κ2) is 9.76. The molecule has 0 saturated carbocycles. The maximum absolute atomic E-state index is 12.7. The molecule has 0 aliphatic rings. The quantitative estimate of drug-likeness (QED) is 0.755. The highest BCUT2D eigenvalue weighted by atomic mass is 16.2. The number of carbonyl (C=O) groups excluding carboxylic acids is 2. The molecule has 5 nitrogen and oxygen atoms in total. The van der Waals surface area contributed by atoms with Crippen molar-refractivity contribution >= 4 is 23.2 Å². The first-order chi connectivity index (χ1) is 13.0. The van der Waals surface area contributed by atoms with Gasteiger partial charge in [0.05, 0.1) is 0 Å². The summed E-state index contributed by atoms with van der Waals surface area (Å²) in [5.74, 6) is -1.14. The molecule has 0 bridgehead atoms. The van der Waals surface area contributed by atoms with Gasteiger partial charge in [-0.15, -0.1) is 0 Å². The van der Waals surface area contributed by atoms with Crippen molar-refractivity contribution in [2.75, 3.05) is 23.3 Å². The van der Waals surface area contributed by atoms with Gasteiger partial charge in [0.2, 0.25) is 0 Å². The fraction of sp³-hybridized carbons (Fsp3) is 0.364. The lowest BCUT2D eigenvalue weighted by Crippen LogP contribution is -2.43. The molecule has 2 aromatic rings. The fourth-order valence-corrected chi connectivity index (χ4v) is 2.93. The van der Waals surface area contributed by atoms with Crippen LogP contribution < -0.4 is 10.2 Å². The number of nitrogens with zero attached hydrogens (tertiary/aromatic N) is 2. The Morgan fingerprint density at radius 3 is 2.04 bits per heavy atom. The van der Waals surface area contributed by atoms with E-state index in [1.54, 1.807) is 4.90 Å². The van der Waals surface area contributed by atoms with Crippen LogP contribution >= 0.6 is 0 Å². The minimum atomic E-state index is -0.616. The Labute approximate surface area is 162 Å². The van der Waals surface area contributed by atoms with E-state index in [1.165, 1.54) is 0 Å². The van der Waals surface area contributed by atoms with Crippen LogP contribution in [0.4, 0.5) is 11.4 Å². The van der Waals surface area contributed by atoms with Crippen molar-refractivity contribution in [3.63, 3.8) is 0 Å². The zero-order valence-electron chi connectivity index (χ0n) is 16.6. The van der Waals surface area contributed by atoms with E-state index in [0.717, 1.165) is 24.3 Å². The van der Waals surface area contributed by atoms with Crippen LogP contribution in [0.3, 0.4) is 0 Å². The Morgan fingerprint density at radius 1 is 0.926 bits per heavy atom.